The van der Waals surface area contributed by atoms with E-state index in [1.165, 1.54) is 66.1 Å². The molecule has 0 nitrogen and oxygen atoms in total. The maximum atomic E-state index is 2.39. The molecular formula is C40H36S4. The molecule has 2 aliphatic rings. The quantitative estimate of drug-likeness (QED) is 0.161. The highest BCUT2D eigenvalue weighted by Gasteiger charge is 2.12. The van der Waals surface area contributed by atoms with Gasteiger partial charge in [0.05, 0.1) is 0 Å². The summed E-state index contributed by atoms with van der Waals surface area (Å²) in [5.74, 6) is 8.88. The van der Waals surface area contributed by atoms with Crippen LogP contribution < -0.4 is 0 Å². The van der Waals surface area contributed by atoms with Gasteiger partial charge in [0.2, 0.25) is 0 Å². The first-order valence-electron chi connectivity index (χ1n) is 15.3. The van der Waals surface area contributed by atoms with Crippen molar-refractivity contribution >= 4 is 68.6 Å². The van der Waals surface area contributed by atoms with Crippen LogP contribution in [0, 0.1) is 0 Å². The molecule has 0 bridgehead atoms. The topological polar surface area (TPSA) is 0 Å². The molecule has 4 heteroatoms. The second-order valence-corrected chi connectivity index (χ2v) is 15.4. The fourth-order valence-electron chi connectivity index (χ4n) is 5.97. The second kappa shape index (κ2) is 14.6. The SMILES string of the molecule is c1ccc2c(c1)CSCc1cc3ccccc3cc1CSC2.c1ccc2c(c1)CSCc1cc3ccccc3cc1CSC2. The summed E-state index contributed by atoms with van der Waals surface area (Å²) < 4.78 is 0. The van der Waals surface area contributed by atoms with Gasteiger partial charge >= 0.3 is 0 Å². The number of hydrogen-bond acceptors (Lipinski definition) is 4. The summed E-state index contributed by atoms with van der Waals surface area (Å²) in [4.78, 5) is 0. The predicted molar refractivity (Wildman–Crippen MR) is 201 cm³/mol. The molecule has 2 heterocycles. The van der Waals surface area contributed by atoms with Gasteiger partial charge in [-0.3, -0.25) is 0 Å². The number of fused-ring (bicyclic) bond motifs is 6. The van der Waals surface area contributed by atoms with Gasteiger partial charge in [0.1, 0.15) is 0 Å². The van der Waals surface area contributed by atoms with Gasteiger partial charge in [-0.25, -0.2) is 0 Å². The van der Waals surface area contributed by atoms with Crippen molar-refractivity contribution in [3.05, 3.63) is 166 Å². The standard InChI is InChI=1S/2C20H18S2/c2*1-2-6-16-10-20-14-22-12-18-8-4-3-7-17(18)11-21-13-19(20)9-15(16)5-1/h2*1-10H,11-14H2. The molecule has 8 rings (SSSR count). The number of hydrogen-bond donors (Lipinski definition) is 0. The van der Waals surface area contributed by atoms with Crippen LogP contribution in [0.5, 0.6) is 0 Å². The Hall–Kier alpha value is -2.76. The van der Waals surface area contributed by atoms with Gasteiger partial charge in [-0.2, -0.15) is 47.0 Å². The fraction of sp³-hybridized carbons (Fsp3) is 0.200. The van der Waals surface area contributed by atoms with Crippen molar-refractivity contribution < 1.29 is 0 Å². The van der Waals surface area contributed by atoms with E-state index in [0.717, 1.165) is 46.0 Å². The average molecular weight is 645 g/mol. The minimum absolute atomic E-state index is 1.11. The number of rotatable bonds is 0. The molecule has 0 saturated heterocycles. The van der Waals surface area contributed by atoms with Crippen molar-refractivity contribution in [3.8, 4) is 0 Å². The largest absolute Gasteiger partial charge is 0.152 e. The second-order valence-electron chi connectivity index (χ2n) is 11.4. The van der Waals surface area contributed by atoms with E-state index in [1.807, 2.05) is 47.0 Å². The van der Waals surface area contributed by atoms with Gasteiger partial charge in [-0.1, -0.05) is 121 Å². The summed E-state index contributed by atoms with van der Waals surface area (Å²) in [6.07, 6.45) is 0. The Kier molecular flexibility index (Phi) is 9.90. The molecule has 0 aliphatic carbocycles. The Bertz CT molecular complexity index is 1620. The molecular weight excluding hydrogens is 609 g/mol. The monoisotopic (exact) mass is 644 g/mol. The lowest BCUT2D eigenvalue weighted by atomic mass is 10.0. The van der Waals surface area contributed by atoms with Crippen molar-refractivity contribution in [3.63, 3.8) is 0 Å². The molecule has 0 fully saturated rings. The first-order chi connectivity index (χ1) is 21.8. The van der Waals surface area contributed by atoms with Gasteiger partial charge < -0.3 is 0 Å². The fourth-order valence-corrected chi connectivity index (χ4v) is 10.3. The van der Waals surface area contributed by atoms with Crippen molar-refractivity contribution in [1.82, 2.24) is 0 Å². The van der Waals surface area contributed by atoms with Crippen molar-refractivity contribution in [2.45, 2.75) is 46.0 Å². The minimum Gasteiger partial charge on any atom is -0.152 e. The van der Waals surface area contributed by atoms with Crippen LogP contribution in [-0.4, -0.2) is 0 Å². The van der Waals surface area contributed by atoms with E-state index < -0.39 is 0 Å². The third-order valence-electron chi connectivity index (χ3n) is 8.43. The molecule has 0 spiro atoms. The Balaban J connectivity index is 0.000000142. The van der Waals surface area contributed by atoms with Crippen LogP contribution in [0.3, 0.4) is 0 Å². The summed E-state index contributed by atoms with van der Waals surface area (Å²) in [5, 5.41) is 5.46. The van der Waals surface area contributed by atoms with E-state index in [-0.39, 0.29) is 0 Å². The summed E-state index contributed by atoms with van der Waals surface area (Å²) in [6.45, 7) is 0. The summed E-state index contributed by atoms with van der Waals surface area (Å²) in [5.41, 5.74) is 12.1. The molecule has 0 radical (unpaired) electrons. The summed E-state index contributed by atoms with van der Waals surface area (Å²) in [7, 11) is 0. The maximum Gasteiger partial charge on any atom is 0.0191 e. The van der Waals surface area contributed by atoms with Crippen LogP contribution in [0.15, 0.2) is 121 Å². The molecule has 0 atom stereocenters. The Morgan fingerprint density at radius 1 is 0.250 bits per heavy atom. The van der Waals surface area contributed by atoms with E-state index in [2.05, 4.69) is 121 Å². The lowest BCUT2D eigenvalue weighted by Crippen LogP contribution is -1.97. The van der Waals surface area contributed by atoms with Crippen LogP contribution in [0.2, 0.25) is 0 Å². The molecule has 0 saturated carbocycles. The molecule has 2 aliphatic heterocycles. The molecule has 0 amide bonds. The van der Waals surface area contributed by atoms with E-state index >= 15 is 0 Å². The van der Waals surface area contributed by atoms with Crippen molar-refractivity contribution in [2.24, 2.45) is 0 Å². The highest BCUT2D eigenvalue weighted by Crippen LogP contribution is 2.33. The van der Waals surface area contributed by atoms with Crippen LogP contribution in [0.1, 0.15) is 44.5 Å². The van der Waals surface area contributed by atoms with Gasteiger partial charge in [0.25, 0.3) is 0 Å². The lowest BCUT2D eigenvalue weighted by Gasteiger charge is -2.16. The number of thioether (sulfide) groups is 4. The van der Waals surface area contributed by atoms with E-state index in [4.69, 9.17) is 0 Å². The number of benzene rings is 6. The minimum atomic E-state index is 1.11. The predicted octanol–water partition coefficient (Wildman–Crippen LogP) is 12.0. The highest BCUT2D eigenvalue weighted by molar-refractivity contribution is 7.98. The van der Waals surface area contributed by atoms with Crippen molar-refractivity contribution in [2.75, 3.05) is 0 Å². The first kappa shape index (κ1) is 29.9. The normalized spacial score (nSPS) is 15.1. The zero-order valence-corrected chi connectivity index (χ0v) is 28.1. The molecule has 44 heavy (non-hydrogen) atoms. The summed E-state index contributed by atoms with van der Waals surface area (Å²) >= 11 is 8.15. The van der Waals surface area contributed by atoms with Gasteiger partial charge in [-0.05, 0) is 66.1 Å². The Labute approximate surface area is 278 Å². The molecule has 0 N–H and O–H groups in total. The zero-order valence-electron chi connectivity index (χ0n) is 24.8. The summed E-state index contributed by atoms with van der Waals surface area (Å²) in [6, 6.07) is 44.8. The third kappa shape index (κ3) is 7.21. The van der Waals surface area contributed by atoms with Crippen LogP contribution in [-0.2, 0) is 46.0 Å². The van der Waals surface area contributed by atoms with Gasteiger partial charge in [-0.15, -0.1) is 0 Å². The van der Waals surface area contributed by atoms with Crippen molar-refractivity contribution in [1.29, 1.82) is 0 Å². The zero-order chi connectivity index (χ0) is 29.6. The van der Waals surface area contributed by atoms with Gasteiger partial charge in [0, 0.05) is 46.0 Å². The van der Waals surface area contributed by atoms with E-state index in [1.54, 1.807) is 0 Å². The lowest BCUT2D eigenvalue weighted by molar-refractivity contribution is 1.23. The first-order valence-corrected chi connectivity index (χ1v) is 19.9. The van der Waals surface area contributed by atoms with Crippen LogP contribution in [0.25, 0.3) is 21.5 Å². The molecule has 220 valence electrons. The van der Waals surface area contributed by atoms with E-state index in [0.29, 0.717) is 0 Å². The molecule has 0 unspecified atom stereocenters. The molecule has 6 aromatic carbocycles. The van der Waals surface area contributed by atoms with Crippen LogP contribution >= 0.6 is 47.0 Å². The van der Waals surface area contributed by atoms with Crippen LogP contribution in [0.4, 0.5) is 0 Å². The van der Waals surface area contributed by atoms with Gasteiger partial charge in [0.15, 0.2) is 0 Å². The Morgan fingerprint density at radius 3 is 0.705 bits per heavy atom. The maximum absolute atomic E-state index is 2.39. The van der Waals surface area contributed by atoms with E-state index in [9.17, 15) is 0 Å². The average Bonchev–Trinajstić information content (AvgIpc) is 3.06. The third-order valence-corrected chi connectivity index (χ3v) is 12.6. The molecule has 6 aromatic rings. The smallest absolute Gasteiger partial charge is 0.0191 e. The molecule has 0 aromatic heterocycles. The Morgan fingerprint density at radius 2 is 0.455 bits per heavy atom. The highest BCUT2D eigenvalue weighted by atomic mass is 32.2.